The van der Waals surface area contributed by atoms with E-state index in [2.05, 4.69) is 5.32 Å². The van der Waals surface area contributed by atoms with Gasteiger partial charge >= 0.3 is 5.97 Å². The van der Waals surface area contributed by atoms with E-state index in [1.807, 2.05) is 12.1 Å². The van der Waals surface area contributed by atoms with Gasteiger partial charge in [0.1, 0.15) is 11.5 Å². The second-order valence-electron chi connectivity index (χ2n) is 6.20. The van der Waals surface area contributed by atoms with Crippen molar-refractivity contribution in [3.63, 3.8) is 0 Å². The minimum atomic E-state index is -0.388. The Morgan fingerprint density at radius 2 is 2.07 bits per heavy atom. The molecule has 1 aliphatic heterocycles. The molecule has 1 aliphatic rings. The van der Waals surface area contributed by atoms with Gasteiger partial charge in [0.15, 0.2) is 6.79 Å². The number of benzene rings is 2. The lowest BCUT2D eigenvalue weighted by atomic mass is 10.0. The van der Waals surface area contributed by atoms with Crippen molar-refractivity contribution in [3.05, 3.63) is 53.1 Å². The van der Waals surface area contributed by atoms with Crippen molar-refractivity contribution in [1.29, 1.82) is 0 Å². The number of esters is 1. The fourth-order valence-corrected chi connectivity index (χ4v) is 3.72. The highest BCUT2D eigenvalue weighted by molar-refractivity contribution is 7.99. The van der Waals surface area contributed by atoms with E-state index < -0.39 is 0 Å². The molecule has 2 aromatic carbocycles. The van der Waals surface area contributed by atoms with Crippen LogP contribution in [0.3, 0.4) is 0 Å². The van der Waals surface area contributed by atoms with E-state index in [1.165, 1.54) is 11.8 Å². The lowest BCUT2D eigenvalue weighted by Crippen LogP contribution is -2.16. The summed E-state index contributed by atoms with van der Waals surface area (Å²) in [6.07, 6.45) is 0. The summed E-state index contributed by atoms with van der Waals surface area (Å²) < 4.78 is 21.3. The van der Waals surface area contributed by atoms with Crippen molar-refractivity contribution in [2.75, 3.05) is 31.6 Å². The van der Waals surface area contributed by atoms with Crippen LogP contribution >= 0.6 is 11.8 Å². The molecule has 0 radical (unpaired) electrons. The van der Waals surface area contributed by atoms with E-state index in [1.54, 1.807) is 38.3 Å². The molecular formula is C21H23NO6S. The van der Waals surface area contributed by atoms with Crippen molar-refractivity contribution >= 4 is 29.3 Å². The fraction of sp³-hybridized carbons (Fsp3) is 0.333. The largest absolute Gasteiger partial charge is 0.495 e. The molecule has 0 aromatic heterocycles. The highest BCUT2D eigenvalue weighted by Crippen LogP contribution is 2.33. The number of amides is 1. The van der Waals surface area contributed by atoms with Gasteiger partial charge in [-0.3, -0.25) is 4.79 Å². The van der Waals surface area contributed by atoms with Crippen LogP contribution in [-0.2, 0) is 26.6 Å². The molecule has 0 atom stereocenters. The zero-order chi connectivity index (χ0) is 20.6. The number of methoxy groups -OCH3 is 1. The van der Waals surface area contributed by atoms with Gasteiger partial charge in [0.05, 0.1) is 37.3 Å². The van der Waals surface area contributed by atoms with Crippen LogP contribution in [0.2, 0.25) is 0 Å². The summed E-state index contributed by atoms with van der Waals surface area (Å²) in [6, 6.07) is 10.7. The van der Waals surface area contributed by atoms with Gasteiger partial charge in [-0.1, -0.05) is 12.1 Å². The van der Waals surface area contributed by atoms with E-state index in [-0.39, 0.29) is 24.4 Å². The summed E-state index contributed by atoms with van der Waals surface area (Å²) in [6.45, 7) is 2.60. The maximum Gasteiger partial charge on any atom is 0.338 e. The highest BCUT2D eigenvalue weighted by Gasteiger charge is 2.20. The quantitative estimate of drug-likeness (QED) is 0.657. The molecule has 0 spiro atoms. The van der Waals surface area contributed by atoms with E-state index in [0.29, 0.717) is 41.7 Å². The third kappa shape index (κ3) is 5.42. The zero-order valence-electron chi connectivity index (χ0n) is 16.4. The zero-order valence-corrected chi connectivity index (χ0v) is 17.2. The van der Waals surface area contributed by atoms with Gasteiger partial charge in [0.25, 0.3) is 0 Å². The third-order valence-electron chi connectivity index (χ3n) is 4.17. The molecule has 29 heavy (non-hydrogen) atoms. The van der Waals surface area contributed by atoms with Gasteiger partial charge in [-0.15, -0.1) is 11.8 Å². The van der Waals surface area contributed by atoms with E-state index in [0.717, 1.165) is 11.1 Å². The Morgan fingerprint density at radius 3 is 2.86 bits per heavy atom. The van der Waals surface area contributed by atoms with Crippen LogP contribution in [0.25, 0.3) is 0 Å². The number of hydrogen-bond acceptors (Lipinski definition) is 7. The molecule has 3 rings (SSSR count). The number of fused-ring (bicyclic) bond motifs is 1. The predicted octanol–water partition coefficient (Wildman–Crippen LogP) is 3.61. The molecule has 0 bridgehead atoms. The third-order valence-corrected chi connectivity index (χ3v) is 5.15. The van der Waals surface area contributed by atoms with E-state index in [4.69, 9.17) is 18.9 Å². The first-order chi connectivity index (χ1) is 14.1. The topological polar surface area (TPSA) is 83.1 Å². The van der Waals surface area contributed by atoms with Crippen LogP contribution < -0.4 is 14.8 Å². The number of rotatable bonds is 8. The summed E-state index contributed by atoms with van der Waals surface area (Å²) in [5.74, 6) is 1.54. The van der Waals surface area contributed by atoms with Gasteiger partial charge in [-0.05, 0) is 31.2 Å². The predicted molar refractivity (Wildman–Crippen MR) is 110 cm³/mol. The standard InChI is InChI=1S/C21H23NO6S/c1-3-27-21(24)14-8-15-10-26-13-28-20(15)16(9-14)11-29-12-19(23)22-17-6-4-5-7-18(17)25-2/h4-9H,3,10-13H2,1-2H3,(H,22,23). The number of carbonyl (C=O) groups excluding carboxylic acids is 2. The number of hydrogen-bond donors (Lipinski definition) is 1. The van der Waals surface area contributed by atoms with Gasteiger partial charge in [-0.2, -0.15) is 0 Å². The maximum atomic E-state index is 12.3. The highest BCUT2D eigenvalue weighted by atomic mass is 32.2. The van der Waals surface area contributed by atoms with Crippen LogP contribution in [0.15, 0.2) is 36.4 Å². The molecule has 7 nitrogen and oxygen atoms in total. The minimum absolute atomic E-state index is 0.140. The Bertz CT molecular complexity index is 885. The monoisotopic (exact) mass is 417 g/mol. The Kier molecular flexibility index (Phi) is 7.37. The summed E-state index contributed by atoms with van der Waals surface area (Å²) in [4.78, 5) is 24.4. The summed E-state index contributed by atoms with van der Waals surface area (Å²) in [5, 5.41) is 2.85. The molecule has 2 aromatic rings. The Morgan fingerprint density at radius 1 is 1.24 bits per heavy atom. The van der Waals surface area contributed by atoms with Crippen molar-refractivity contribution in [2.45, 2.75) is 19.3 Å². The summed E-state index contributed by atoms with van der Waals surface area (Å²) in [5.41, 5.74) is 2.72. The fourth-order valence-electron chi connectivity index (χ4n) is 2.93. The first-order valence-electron chi connectivity index (χ1n) is 9.16. The SMILES string of the molecule is CCOC(=O)c1cc2c(c(CSCC(=O)Nc3ccccc3OC)c1)OCOC2. The normalized spacial score (nSPS) is 12.5. The minimum Gasteiger partial charge on any atom is -0.495 e. The molecule has 8 heteroatoms. The summed E-state index contributed by atoms with van der Waals surface area (Å²) in [7, 11) is 1.56. The molecule has 0 saturated carbocycles. The average Bonchev–Trinajstić information content (AvgIpc) is 2.74. The second kappa shape index (κ2) is 10.2. The smallest absolute Gasteiger partial charge is 0.338 e. The van der Waals surface area contributed by atoms with Crippen molar-refractivity contribution in [3.8, 4) is 11.5 Å². The van der Waals surface area contributed by atoms with Gasteiger partial charge in [-0.25, -0.2) is 4.79 Å². The first-order valence-corrected chi connectivity index (χ1v) is 10.3. The number of nitrogens with one attached hydrogen (secondary N) is 1. The molecular weight excluding hydrogens is 394 g/mol. The van der Waals surface area contributed by atoms with E-state index in [9.17, 15) is 9.59 Å². The average molecular weight is 417 g/mol. The molecule has 1 N–H and O–H groups in total. The second-order valence-corrected chi connectivity index (χ2v) is 7.18. The summed E-state index contributed by atoms with van der Waals surface area (Å²) >= 11 is 1.43. The number of thioether (sulfide) groups is 1. The maximum absolute atomic E-state index is 12.3. The lowest BCUT2D eigenvalue weighted by Gasteiger charge is -2.21. The lowest BCUT2D eigenvalue weighted by molar-refractivity contribution is -0.113. The van der Waals surface area contributed by atoms with Crippen LogP contribution in [-0.4, -0.2) is 38.1 Å². The van der Waals surface area contributed by atoms with Crippen LogP contribution in [0.5, 0.6) is 11.5 Å². The Balaban J connectivity index is 1.65. The van der Waals surface area contributed by atoms with Gasteiger partial charge in [0.2, 0.25) is 5.91 Å². The Hall–Kier alpha value is -2.71. The molecule has 0 unspecified atom stereocenters. The van der Waals surface area contributed by atoms with Crippen molar-refractivity contribution in [1.82, 2.24) is 0 Å². The van der Waals surface area contributed by atoms with Crippen LogP contribution in [0.1, 0.15) is 28.4 Å². The molecule has 0 aliphatic carbocycles. The Labute approximate surface area is 173 Å². The number of anilines is 1. The van der Waals surface area contributed by atoms with Crippen molar-refractivity contribution < 1.29 is 28.5 Å². The molecule has 154 valence electrons. The molecule has 1 amide bonds. The van der Waals surface area contributed by atoms with Gasteiger partial charge in [0, 0.05) is 16.9 Å². The van der Waals surface area contributed by atoms with Crippen molar-refractivity contribution in [2.24, 2.45) is 0 Å². The van der Waals surface area contributed by atoms with Crippen LogP contribution in [0, 0.1) is 0 Å². The number of para-hydroxylation sites is 2. The number of carbonyl (C=O) groups is 2. The molecule has 0 saturated heterocycles. The van der Waals surface area contributed by atoms with Gasteiger partial charge < -0.3 is 24.3 Å². The number of ether oxygens (including phenoxy) is 4. The van der Waals surface area contributed by atoms with E-state index >= 15 is 0 Å². The molecule has 1 heterocycles. The van der Waals surface area contributed by atoms with Crippen LogP contribution in [0.4, 0.5) is 5.69 Å². The molecule has 0 fully saturated rings. The first kappa shape index (κ1) is 21.0.